The molecule has 0 saturated heterocycles. The Hall–Kier alpha value is -2.38. The van der Waals surface area contributed by atoms with E-state index in [9.17, 15) is 18.0 Å². The highest BCUT2D eigenvalue weighted by molar-refractivity contribution is 5.72. The van der Waals surface area contributed by atoms with Gasteiger partial charge in [-0.25, -0.2) is 0 Å². The van der Waals surface area contributed by atoms with Crippen LogP contribution in [-0.2, 0) is 17.5 Å². The van der Waals surface area contributed by atoms with Crippen molar-refractivity contribution < 1.29 is 22.5 Å². The zero-order valence-electron chi connectivity index (χ0n) is 11.3. The lowest BCUT2D eigenvalue weighted by atomic mass is 10.1. The number of aromatic nitrogens is 2. The van der Waals surface area contributed by atoms with Crippen LogP contribution < -0.4 is 0 Å². The molecule has 0 aliphatic rings. The maximum Gasteiger partial charge on any atom is 0.471 e. The van der Waals surface area contributed by atoms with Crippen LogP contribution in [0.5, 0.6) is 0 Å². The summed E-state index contributed by atoms with van der Waals surface area (Å²) in [6.45, 7) is 1.86. The molecule has 0 saturated carbocycles. The average Bonchev–Trinajstić information content (AvgIpc) is 2.89. The summed E-state index contributed by atoms with van der Waals surface area (Å²) in [5.41, 5.74) is 1.25. The summed E-state index contributed by atoms with van der Waals surface area (Å²) in [5.74, 6) is -1.58. The van der Waals surface area contributed by atoms with Crippen LogP contribution in [0.2, 0.25) is 0 Å². The largest absolute Gasteiger partial charge is 0.471 e. The van der Waals surface area contributed by atoms with Crippen molar-refractivity contribution in [3.63, 3.8) is 0 Å². The van der Waals surface area contributed by atoms with E-state index in [0.29, 0.717) is 12.1 Å². The molecular weight excluding hydrogens is 287 g/mol. The molecule has 21 heavy (non-hydrogen) atoms. The Morgan fingerprint density at radius 1 is 1.29 bits per heavy atom. The Labute approximate surface area is 118 Å². The minimum atomic E-state index is -4.66. The van der Waals surface area contributed by atoms with Crippen molar-refractivity contribution in [1.82, 2.24) is 15.0 Å². The molecule has 5 nitrogen and oxygen atoms in total. The van der Waals surface area contributed by atoms with Gasteiger partial charge in [-0.3, -0.25) is 4.79 Å². The van der Waals surface area contributed by atoms with E-state index in [4.69, 9.17) is 0 Å². The molecule has 0 atom stereocenters. The smallest absolute Gasteiger partial charge is 0.342 e. The van der Waals surface area contributed by atoms with E-state index in [1.54, 1.807) is 31.3 Å². The molecule has 0 radical (unpaired) electrons. The van der Waals surface area contributed by atoms with Crippen LogP contribution >= 0.6 is 0 Å². The fourth-order valence-corrected chi connectivity index (χ4v) is 1.60. The summed E-state index contributed by atoms with van der Waals surface area (Å²) in [4.78, 5) is 15.9. The molecule has 0 bridgehead atoms. The number of rotatable bonds is 3. The van der Waals surface area contributed by atoms with Gasteiger partial charge < -0.3 is 9.42 Å². The van der Waals surface area contributed by atoms with Crippen LogP contribution in [0.25, 0.3) is 11.4 Å². The number of carbonyl (C=O) groups is 1. The standard InChI is InChI=1S/C13H12F3N3O2/c1-8(20)19(2)7-9-3-5-10(6-4-9)11-17-12(21-18-11)13(14,15)16/h3-6H,7H2,1-2H3. The lowest BCUT2D eigenvalue weighted by molar-refractivity contribution is -0.159. The van der Waals surface area contributed by atoms with Gasteiger partial charge in [0.15, 0.2) is 0 Å². The first-order valence-electron chi connectivity index (χ1n) is 5.99. The van der Waals surface area contributed by atoms with Crippen LogP contribution in [0.4, 0.5) is 13.2 Å². The van der Waals surface area contributed by atoms with E-state index < -0.39 is 12.1 Å². The molecule has 1 heterocycles. The number of hydrogen-bond acceptors (Lipinski definition) is 4. The van der Waals surface area contributed by atoms with Crippen molar-refractivity contribution in [3.8, 4) is 11.4 Å². The van der Waals surface area contributed by atoms with Gasteiger partial charge >= 0.3 is 12.1 Å². The lowest BCUT2D eigenvalue weighted by Gasteiger charge is -2.14. The third kappa shape index (κ3) is 3.59. The van der Waals surface area contributed by atoms with Gasteiger partial charge in [-0.2, -0.15) is 18.2 Å². The third-order valence-electron chi connectivity index (χ3n) is 2.84. The van der Waals surface area contributed by atoms with E-state index >= 15 is 0 Å². The van der Waals surface area contributed by atoms with Crippen LogP contribution in [0.3, 0.4) is 0 Å². The second-order valence-corrected chi connectivity index (χ2v) is 4.49. The first-order valence-corrected chi connectivity index (χ1v) is 5.99. The molecule has 1 aromatic carbocycles. The lowest BCUT2D eigenvalue weighted by Crippen LogP contribution is -2.22. The summed E-state index contributed by atoms with van der Waals surface area (Å²) in [6, 6.07) is 6.54. The molecule has 1 amide bonds. The van der Waals surface area contributed by atoms with E-state index in [1.807, 2.05) is 0 Å². The number of carbonyl (C=O) groups excluding carboxylic acids is 1. The van der Waals surface area contributed by atoms with E-state index in [2.05, 4.69) is 14.7 Å². The molecule has 8 heteroatoms. The van der Waals surface area contributed by atoms with Gasteiger partial charge in [0.1, 0.15) is 0 Å². The maximum atomic E-state index is 12.4. The average molecular weight is 299 g/mol. The Kier molecular flexibility index (Phi) is 3.97. The van der Waals surface area contributed by atoms with Crippen LogP contribution in [-0.4, -0.2) is 28.0 Å². The number of halogens is 3. The molecule has 0 fully saturated rings. The summed E-state index contributed by atoms with van der Waals surface area (Å²) in [5, 5.41) is 3.30. The van der Waals surface area contributed by atoms with Crippen molar-refractivity contribution in [2.75, 3.05) is 7.05 Å². The van der Waals surface area contributed by atoms with Gasteiger partial charge in [-0.1, -0.05) is 29.4 Å². The van der Waals surface area contributed by atoms with Gasteiger partial charge in [0, 0.05) is 26.1 Å². The molecule has 0 N–H and O–H groups in total. The fraction of sp³-hybridized carbons (Fsp3) is 0.308. The Morgan fingerprint density at radius 2 is 1.90 bits per heavy atom. The first-order chi connectivity index (χ1) is 9.77. The molecule has 0 aliphatic carbocycles. The second-order valence-electron chi connectivity index (χ2n) is 4.49. The number of benzene rings is 1. The van der Waals surface area contributed by atoms with Crippen molar-refractivity contribution in [2.24, 2.45) is 0 Å². The Morgan fingerprint density at radius 3 is 2.38 bits per heavy atom. The number of nitrogens with zero attached hydrogens (tertiary/aromatic N) is 3. The fourth-order valence-electron chi connectivity index (χ4n) is 1.60. The maximum absolute atomic E-state index is 12.4. The Bertz CT molecular complexity index is 635. The molecule has 0 aliphatic heterocycles. The zero-order valence-corrected chi connectivity index (χ0v) is 11.3. The molecule has 0 unspecified atom stereocenters. The van der Waals surface area contributed by atoms with Gasteiger partial charge in [-0.15, -0.1) is 0 Å². The van der Waals surface area contributed by atoms with Gasteiger partial charge in [-0.05, 0) is 5.56 Å². The third-order valence-corrected chi connectivity index (χ3v) is 2.84. The quantitative estimate of drug-likeness (QED) is 0.874. The second kappa shape index (κ2) is 5.55. The molecule has 2 rings (SSSR count). The van der Waals surface area contributed by atoms with Crippen molar-refractivity contribution in [1.29, 1.82) is 0 Å². The van der Waals surface area contributed by atoms with Gasteiger partial charge in [0.2, 0.25) is 11.7 Å². The van der Waals surface area contributed by atoms with Crippen LogP contribution in [0.15, 0.2) is 28.8 Å². The van der Waals surface area contributed by atoms with Gasteiger partial charge in [0.25, 0.3) is 0 Å². The summed E-state index contributed by atoms with van der Waals surface area (Å²) >= 11 is 0. The highest BCUT2D eigenvalue weighted by atomic mass is 19.4. The first kappa shape index (κ1) is 15.0. The number of alkyl halides is 3. The van der Waals surface area contributed by atoms with E-state index in [1.165, 1.54) is 11.8 Å². The molecule has 2 aromatic rings. The normalized spacial score (nSPS) is 11.5. The molecule has 112 valence electrons. The summed E-state index contributed by atoms with van der Waals surface area (Å²) < 4.78 is 41.3. The minimum absolute atomic E-state index is 0.0768. The number of hydrogen-bond donors (Lipinski definition) is 0. The van der Waals surface area contributed by atoms with Crippen LogP contribution in [0.1, 0.15) is 18.4 Å². The van der Waals surface area contributed by atoms with Crippen molar-refractivity contribution in [3.05, 3.63) is 35.7 Å². The van der Waals surface area contributed by atoms with Crippen LogP contribution in [0, 0.1) is 0 Å². The number of amides is 1. The summed E-state index contributed by atoms with van der Waals surface area (Å²) in [7, 11) is 1.66. The highest BCUT2D eigenvalue weighted by Crippen LogP contribution is 2.29. The van der Waals surface area contributed by atoms with Gasteiger partial charge in [0.05, 0.1) is 0 Å². The topological polar surface area (TPSA) is 59.2 Å². The SMILES string of the molecule is CC(=O)N(C)Cc1ccc(-c2noc(C(F)(F)F)n2)cc1. The monoisotopic (exact) mass is 299 g/mol. The minimum Gasteiger partial charge on any atom is -0.342 e. The van der Waals surface area contributed by atoms with Crippen molar-refractivity contribution in [2.45, 2.75) is 19.6 Å². The summed E-state index contributed by atoms with van der Waals surface area (Å²) in [6.07, 6.45) is -4.66. The van der Waals surface area contributed by atoms with Crippen molar-refractivity contribution >= 4 is 5.91 Å². The molecular formula is C13H12F3N3O2. The predicted molar refractivity (Wildman–Crippen MR) is 66.9 cm³/mol. The molecule has 1 aromatic heterocycles. The molecule has 0 spiro atoms. The van der Waals surface area contributed by atoms with E-state index in [-0.39, 0.29) is 11.7 Å². The highest BCUT2D eigenvalue weighted by Gasteiger charge is 2.38. The Balaban J connectivity index is 2.15. The predicted octanol–water partition coefficient (Wildman–Crippen LogP) is 2.73. The van der Waals surface area contributed by atoms with E-state index in [0.717, 1.165) is 5.56 Å². The zero-order chi connectivity index (χ0) is 15.6.